The first-order valence-electron chi connectivity index (χ1n) is 6.00. The summed E-state index contributed by atoms with van der Waals surface area (Å²) in [5.41, 5.74) is 9.58. The molecule has 0 bridgehead atoms. The van der Waals surface area contributed by atoms with Crippen molar-refractivity contribution in [3.63, 3.8) is 0 Å². The summed E-state index contributed by atoms with van der Waals surface area (Å²) in [5, 5.41) is 1.12. The molecule has 1 atom stereocenters. The van der Waals surface area contributed by atoms with Crippen molar-refractivity contribution in [1.82, 2.24) is 4.98 Å². The number of aromatic nitrogens is 1. The highest BCUT2D eigenvalue weighted by atomic mass is 14.7. The molecule has 1 heterocycles. The molecule has 0 saturated carbocycles. The standard InChI is InChI=1S/C16H14N2/c17-16(12-6-2-1-3-7-12)14-8-4-10-15-13(14)9-5-11-18-15/h1-11,16H,17H2. The fraction of sp³-hybridized carbons (Fsp3) is 0.0625. The van der Waals surface area contributed by atoms with Gasteiger partial charge in [0.2, 0.25) is 0 Å². The van der Waals surface area contributed by atoms with Gasteiger partial charge in [0.25, 0.3) is 0 Å². The molecule has 0 saturated heterocycles. The van der Waals surface area contributed by atoms with Gasteiger partial charge >= 0.3 is 0 Å². The van der Waals surface area contributed by atoms with E-state index in [1.54, 1.807) is 6.20 Å². The van der Waals surface area contributed by atoms with Gasteiger partial charge in [-0.15, -0.1) is 0 Å². The Morgan fingerprint density at radius 2 is 1.67 bits per heavy atom. The molecule has 3 rings (SSSR count). The Bertz CT molecular complexity index is 657. The van der Waals surface area contributed by atoms with Crippen molar-refractivity contribution in [2.24, 2.45) is 5.73 Å². The molecule has 0 spiro atoms. The van der Waals surface area contributed by atoms with Gasteiger partial charge in [0.1, 0.15) is 0 Å². The molecule has 0 fully saturated rings. The first kappa shape index (κ1) is 10.9. The summed E-state index contributed by atoms with van der Waals surface area (Å²) >= 11 is 0. The topological polar surface area (TPSA) is 38.9 Å². The Morgan fingerprint density at radius 3 is 2.50 bits per heavy atom. The van der Waals surface area contributed by atoms with Gasteiger partial charge in [-0.1, -0.05) is 48.5 Å². The van der Waals surface area contributed by atoms with Crippen molar-refractivity contribution in [2.45, 2.75) is 6.04 Å². The van der Waals surface area contributed by atoms with Crippen LogP contribution in [0.5, 0.6) is 0 Å². The summed E-state index contributed by atoms with van der Waals surface area (Å²) in [6.45, 7) is 0. The minimum absolute atomic E-state index is 0.112. The van der Waals surface area contributed by atoms with E-state index in [2.05, 4.69) is 29.2 Å². The summed E-state index contributed by atoms with van der Waals surface area (Å²) < 4.78 is 0. The highest BCUT2D eigenvalue weighted by Crippen LogP contribution is 2.25. The maximum Gasteiger partial charge on any atom is 0.0705 e. The van der Waals surface area contributed by atoms with E-state index in [9.17, 15) is 0 Å². The quantitative estimate of drug-likeness (QED) is 0.739. The van der Waals surface area contributed by atoms with E-state index in [-0.39, 0.29) is 6.04 Å². The molecule has 2 nitrogen and oxygen atoms in total. The molecule has 18 heavy (non-hydrogen) atoms. The van der Waals surface area contributed by atoms with Gasteiger partial charge in [0, 0.05) is 11.6 Å². The van der Waals surface area contributed by atoms with Gasteiger partial charge in [-0.25, -0.2) is 0 Å². The van der Waals surface area contributed by atoms with Crippen molar-refractivity contribution in [2.75, 3.05) is 0 Å². The molecule has 0 aliphatic carbocycles. The first-order valence-corrected chi connectivity index (χ1v) is 6.00. The van der Waals surface area contributed by atoms with Crippen LogP contribution in [0.1, 0.15) is 17.2 Å². The molecule has 2 heteroatoms. The third-order valence-corrected chi connectivity index (χ3v) is 3.17. The van der Waals surface area contributed by atoms with Crippen molar-refractivity contribution < 1.29 is 0 Å². The summed E-state index contributed by atoms with van der Waals surface area (Å²) in [4.78, 5) is 4.36. The molecule has 0 radical (unpaired) electrons. The van der Waals surface area contributed by atoms with Crippen LogP contribution < -0.4 is 5.73 Å². The average molecular weight is 234 g/mol. The van der Waals surface area contributed by atoms with E-state index in [0.717, 1.165) is 22.0 Å². The first-order chi connectivity index (χ1) is 8.86. The van der Waals surface area contributed by atoms with Crippen molar-refractivity contribution in [1.29, 1.82) is 0 Å². The molecule has 88 valence electrons. The zero-order chi connectivity index (χ0) is 12.4. The molecule has 2 N–H and O–H groups in total. The number of nitrogens with zero attached hydrogens (tertiary/aromatic N) is 1. The fourth-order valence-electron chi connectivity index (χ4n) is 2.24. The number of hydrogen-bond acceptors (Lipinski definition) is 2. The van der Waals surface area contributed by atoms with E-state index in [1.807, 2.05) is 36.4 Å². The molecule has 3 aromatic rings. The van der Waals surface area contributed by atoms with Crippen LogP contribution in [0.2, 0.25) is 0 Å². The Labute approximate surface area is 106 Å². The second-order valence-electron chi connectivity index (χ2n) is 4.31. The van der Waals surface area contributed by atoms with Crippen molar-refractivity contribution >= 4 is 10.9 Å². The van der Waals surface area contributed by atoms with Crippen LogP contribution in [0.4, 0.5) is 0 Å². The van der Waals surface area contributed by atoms with Crippen LogP contribution >= 0.6 is 0 Å². The lowest BCUT2D eigenvalue weighted by atomic mass is 9.96. The smallest absolute Gasteiger partial charge is 0.0705 e. The second-order valence-corrected chi connectivity index (χ2v) is 4.31. The number of fused-ring (bicyclic) bond motifs is 1. The highest BCUT2D eigenvalue weighted by Gasteiger charge is 2.11. The van der Waals surface area contributed by atoms with E-state index >= 15 is 0 Å². The number of pyridine rings is 1. The van der Waals surface area contributed by atoms with Gasteiger partial charge in [-0.3, -0.25) is 4.98 Å². The molecular weight excluding hydrogens is 220 g/mol. The van der Waals surface area contributed by atoms with Gasteiger partial charge in [0.15, 0.2) is 0 Å². The molecule has 2 aromatic carbocycles. The van der Waals surface area contributed by atoms with Crippen LogP contribution in [0.3, 0.4) is 0 Å². The molecule has 0 aliphatic heterocycles. The van der Waals surface area contributed by atoms with Crippen molar-refractivity contribution in [3.8, 4) is 0 Å². The van der Waals surface area contributed by atoms with E-state index in [4.69, 9.17) is 5.73 Å². The third-order valence-electron chi connectivity index (χ3n) is 3.17. The van der Waals surface area contributed by atoms with E-state index < -0.39 is 0 Å². The predicted molar refractivity (Wildman–Crippen MR) is 74.2 cm³/mol. The Kier molecular flexibility index (Phi) is 2.79. The molecule has 0 amide bonds. The maximum atomic E-state index is 6.35. The lowest BCUT2D eigenvalue weighted by molar-refractivity contribution is 0.880. The average Bonchev–Trinajstić information content (AvgIpc) is 2.47. The third kappa shape index (κ3) is 1.87. The van der Waals surface area contributed by atoms with Gasteiger partial charge in [-0.05, 0) is 23.3 Å². The van der Waals surface area contributed by atoms with Gasteiger partial charge < -0.3 is 5.73 Å². The van der Waals surface area contributed by atoms with Crippen LogP contribution in [0.15, 0.2) is 66.9 Å². The van der Waals surface area contributed by atoms with E-state index in [0.29, 0.717) is 0 Å². The Morgan fingerprint density at radius 1 is 0.833 bits per heavy atom. The normalized spacial score (nSPS) is 12.5. The summed E-state index contributed by atoms with van der Waals surface area (Å²) in [6, 6.07) is 20.1. The minimum Gasteiger partial charge on any atom is -0.320 e. The number of nitrogens with two attached hydrogens (primary N) is 1. The van der Waals surface area contributed by atoms with Crippen LogP contribution in [0.25, 0.3) is 10.9 Å². The predicted octanol–water partition coefficient (Wildman–Crippen LogP) is 3.28. The maximum absolute atomic E-state index is 6.35. The zero-order valence-electron chi connectivity index (χ0n) is 9.95. The molecule has 0 aliphatic rings. The fourth-order valence-corrected chi connectivity index (χ4v) is 2.24. The summed E-state index contributed by atoms with van der Waals surface area (Å²) in [6.07, 6.45) is 1.81. The number of hydrogen-bond donors (Lipinski definition) is 1. The largest absolute Gasteiger partial charge is 0.320 e. The summed E-state index contributed by atoms with van der Waals surface area (Å²) in [5.74, 6) is 0. The van der Waals surface area contributed by atoms with E-state index in [1.165, 1.54) is 0 Å². The second kappa shape index (κ2) is 4.59. The van der Waals surface area contributed by atoms with Crippen LogP contribution in [0, 0.1) is 0 Å². The molecular formula is C16H14N2. The lowest BCUT2D eigenvalue weighted by Gasteiger charge is -2.14. The van der Waals surface area contributed by atoms with Gasteiger partial charge in [-0.2, -0.15) is 0 Å². The Hall–Kier alpha value is -2.19. The van der Waals surface area contributed by atoms with Gasteiger partial charge in [0.05, 0.1) is 11.6 Å². The molecule has 1 unspecified atom stereocenters. The number of rotatable bonds is 2. The minimum atomic E-state index is -0.112. The molecule has 1 aromatic heterocycles. The van der Waals surface area contributed by atoms with Crippen molar-refractivity contribution in [3.05, 3.63) is 78.0 Å². The number of benzene rings is 2. The lowest BCUT2D eigenvalue weighted by Crippen LogP contribution is -2.12. The zero-order valence-corrected chi connectivity index (χ0v) is 9.95. The van der Waals surface area contributed by atoms with Crippen LogP contribution in [-0.2, 0) is 0 Å². The highest BCUT2D eigenvalue weighted by molar-refractivity contribution is 5.82. The van der Waals surface area contributed by atoms with Crippen LogP contribution in [-0.4, -0.2) is 4.98 Å². The SMILES string of the molecule is NC(c1ccccc1)c1cccc2ncccc12. The summed E-state index contributed by atoms with van der Waals surface area (Å²) in [7, 11) is 0. The Balaban J connectivity index is 2.15. The monoisotopic (exact) mass is 234 g/mol.